The number of rotatable bonds is 2. The Morgan fingerprint density at radius 1 is 1.30 bits per heavy atom. The zero-order valence-electron chi connectivity index (χ0n) is 6.70. The molecule has 10 heavy (non-hydrogen) atoms. The highest BCUT2D eigenvalue weighted by Crippen LogP contribution is 2.23. The van der Waals surface area contributed by atoms with Crippen LogP contribution in [-0.4, -0.2) is 40.4 Å². The van der Waals surface area contributed by atoms with Crippen LogP contribution in [0, 0.1) is 0 Å². The first-order chi connectivity index (χ1) is 4.77. The lowest BCUT2D eigenvalue weighted by molar-refractivity contribution is 0.457. The molecule has 0 N–H and O–H groups in total. The first-order valence-electron chi connectivity index (χ1n) is 3.37. The molecule has 0 saturated carbocycles. The van der Waals surface area contributed by atoms with Crippen LogP contribution in [0.4, 0.5) is 0 Å². The van der Waals surface area contributed by atoms with E-state index in [1.54, 1.807) is 0 Å². The van der Waals surface area contributed by atoms with E-state index in [-0.39, 0.29) is 0 Å². The maximum atomic E-state index is 2.40. The van der Waals surface area contributed by atoms with E-state index in [1.165, 1.54) is 6.54 Å². The Bertz CT molecular complexity index is 110. The molecular formula is C6H14N2S2. The Morgan fingerprint density at radius 3 is 2.30 bits per heavy atom. The Morgan fingerprint density at radius 2 is 2.00 bits per heavy atom. The molecular weight excluding hydrogens is 164 g/mol. The van der Waals surface area contributed by atoms with Crippen LogP contribution in [0.1, 0.15) is 6.92 Å². The molecule has 0 aliphatic carbocycles. The molecule has 1 atom stereocenters. The van der Waals surface area contributed by atoms with Crippen molar-refractivity contribution in [1.82, 2.24) is 8.61 Å². The second-order valence-electron chi connectivity index (χ2n) is 2.44. The summed E-state index contributed by atoms with van der Waals surface area (Å²) in [6.07, 6.45) is 4.27. The van der Waals surface area contributed by atoms with E-state index >= 15 is 0 Å². The normalized spacial score (nSPS) is 29.7. The average Bonchev–Trinajstić information content (AvgIpc) is 2.30. The highest BCUT2D eigenvalue weighted by molar-refractivity contribution is 7.97. The third kappa shape index (κ3) is 1.81. The Kier molecular flexibility index (Phi) is 3.36. The number of nitrogens with zero attached hydrogens (tertiary/aromatic N) is 2. The van der Waals surface area contributed by atoms with Gasteiger partial charge in [-0.15, -0.1) is 0 Å². The summed E-state index contributed by atoms with van der Waals surface area (Å²) in [4.78, 5) is 0. The third-order valence-electron chi connectivity index (χ3n) is 1.75. The van der Waals surface area contributed by atoms with Gasteiger partial charge >= 0.3 is 0 Å². The Balaban J connectivity index is 2.36. The minimum atomic E-state index is 0.711. The van der Waals surface area contributed by atoms with Gasteiger partial charge in [-0.3, -0.25) is 0 Å². The summed E-state index contributed by atoms with van der Waals surface area (Å²) in [5.74, 6) is 0. The highest BCUT2D eigenvalue weighted by Gasteiger charge is 2.25. The van der Waals surface area contributed by atoms with Crippen molar-refractivity contribution in [3.8, 4) is 0 Å². The minimum absolute atomic E-state index is 0.711. The van der Waals surface area contributed by atoms with Gasteiger partial charge in [-0.25, -0.2) is 8.61 Å². The van der Waals surface area contributed by atoms with Crippen LogP contribution in [-0.2, 0) is 0 Å². The molecule has 1 aliphatic rings. The minimum Gasteiger partial charge on any atom is -0.234 e. The van der Waals surface area contributed by atoms with Crippen LogP contribution in [0.3, 0.4) is 0 Å². The summed E-state index contributed by atoms with van der Waals surface area (Å²) < 4.78 is 4.78. The van der Waals surface area contributed by atoms with Crippen LogP contribution in [0.25, 0.3) is 0 Å². The van der Waals surface area contributed by atoms with Gasteiger partial charge in [0.05, 0.1) is 6.67 Å². The van der Waals surface area contributed by atoms with Crippen molar-refractivity contribution in [1.29, 1.82) is 0 Å². The largest absolute Gasteiger partial charge is 0.234 e. The lowest BCUT2D eigenvalue weighted by atomic mass is 10.4. The van der Waals surface area contributed by atoms with Crippen molar-refractivity contribution < 1.29 is 0 Å². The van der Waals surface area contributed by atoms with Gasteiger partial charge in [-0.2, -0.15) is 0 Å². The lowest BCUT2D eigenvalue weighted by Crippen LogP contribution is -2.19. The Labute approximate surface area is 71.6 Å². The Hall–Kier alpha value is 0.620. The predicted molar refractivity (Wildman–Crippen MR) is 49.9 cm³/mol. The molecule has 1 fully saturated rings. The van der Waals surface area contributed by atoms with E-state index in [0.29, 0.717) is 6.04 Å². The zero-order valence-corrected chi connectivity index (χ0v) is 8.34. The van der Waals surface area contributed by atoms with Gasteiger partial charge in [-0.05, 0) is 19.4 Å². The van der Waals surface area contributed by atoms with Crippen molar-refractivity contribution in [3.63, 3.8) is 0 Å². The topological polar surface area (TPSA) is 6.48 Å². The number of hydrogen-bond acceptors (Lipinski definition) is 4. The molecule has 60 valence electrons. The molecule has 1 rings (SSSR count). The van der Waals surface area contributed by atoms with Gasteiger partial charge in [0, 0.05) is 12.6 Å². The van der Waals surface area contributed by atoms with Gasteiger partial charge in [0.25, 0.3) is 0 Å². The first-order valence-corrected chi connectivity index (χ1v) is 5.74. The molecule has 1 saturated heterocycles. The summed E-state index contributed by atoms with van der Waals surface area (Å²) in [7, 11) is 0. The first kappa shape index (κ1) is 8.71. The fourth-order valence-corrected chi connectivity index (χ4v) is 2.47. The summed E-state index contributed by atoms with van der Waals surface area (Å²) in [6.45, 7) is 4.57. The molecule has 0 aromatic rings. The van der Waals surface area contributed by atoms with Crippen molar-refractivity contribution >= 4 is 23.9 Å². The van der Waals surface area contributed by atoms with E-state index in [2.05, 4.69) is 28.0 Å². The highest BCUT2D eigenvalue weighted by atomic mass is 32.2. The molecule has 1 unspecified atom stereocenters. The van der Waals surface area contributed by atoms with Crippen LogP contribution < -0.4 is 0 Å². The van der Waals surface area contributed by atoms with Crippen LogP contribution in [0.15, 0.2) is 0 Å². The van der Waals surface area contributed by atoms with Crippen molar-refractivity contribution in [2.75, 3.05) is 25.7 Å². The summed E-state index contributed by atoms with van der Waals surface area (Å²) in [6, 6.07) is 0.711. The average molecular weight is 178 g/mol. The SMILES string of the molecule is CSN1CC(C)N(SC)C1. The summed E-state index contributed by atoms with van der Waals surface area (Å²) >= 11 is 3.67. The molecule has 0 amide bonds. The van der Waals surface area contributed by atoms with Gasteiger partial charge in [0.2, 0.25) is 0 Å². The smallest absolute Gasteiger partial charge is 0.0708 e. The molecule has 4 heteroatoms. The van der Waals surface area contributed by atoms with Crippen LogP contribution >= 0.6 is 23.9 Å². The van der Waals surface area contributed by atoms with E-state index < -0.39 is 0 Å². The van der Waals surface area contributed by atoms with Gasteiger partial charge in [0.1, 0.15) is 0 Å². The molecule has 0 spiro atoms. The van der Waals surface area contributed by atoms with Crippen molar-refractivity contribution in [3.05, 3.63) is 0 Å². The van der Waals surface area contributed by atoms with Gasteiger partial charge in [-0.1, -0.05) is 23.9 Å². The molecule has 0 aromatic carbocycles. The van der Waals surface area contributed by atoms with E-state index in [1.807, 2.05) is 23.9 Å². The third-order valence-corrected chi connectivity index (χ3v) is 3.47. The van der Waals surface area contributed by atoms with Crippen molar-refractivity contribution in [2.24, 2.45) is 0 Å². The van der Waals surface area contributed by atoms with E-state index in [0.717, 1.165) is 6.67 Å². The van der Waals surface area contributed by atoms with E-state index in [9.17, 15) is 0 Å². The monoisotopic (exact) mass is 178 g/mol. The number of hydrogen-bond donors (Lipinski definition) is 0. The fourth-order valence-electron chi connectivity index (χ4n) is 1.11. The molecule has 1 heterocycles. The zero-order chi connectivity index (χ0) is 7.56. The molecule has 0 aromatic heterocycles. The quantitative estimate of drug-likeness (QED) is 0.591. The van der Waals surface area contributed by atoms with Crippen molar-refractivity contribution in [2.45, 2.75) is 13.0 Å². The van der Waals surface area contributed by atoms with Crippen LogP contribution in [0.2, 0.25) is 0 Å². The summed E-state index contributed by atoms with van der Waals surface area (Å²) in [5.41, 5.74) is 0. The second-order valence-corrected chi connectivity index (χ2v) is 4.15. The van der Waals surface area contributed by atoms with Crippen LogP contribution in [0.5, 0.6) is 0 Å². The van der Waals surface area contributed by atoms with Gasteiger partial charge < -0.3 is 0 Å². The molecule has 2 nitrogen and oxygen atoms in total. The summed E-state index contributed by atoms with van der Waals surface area (Å²) in [5, 5.41) is 0. The van der Waals surface area contributed by atoms with Gasteiger partial charge in [0.15, 0.2) is 0 Å². The van der Waals surface area contributed by atoms with E-state index in [4.69, 9.17) is 0 Å². The predicted octanol–water partition coefficient (Wildman–Crippen LogP) is 1.51. The molecule has 0 bridgehead atoms. The maximum absolute atomic E-state index is 2.40. The molecule has 1 aliphatic heterocycles. The standard InChI is InChI=1S/C6H14N2S2/c1-6-4-7(9-2)5-8(6)10-3/h6H,4-5H2,1-3H3. The molecule has 0 radical (unpaired) electrons. The lowest BCUT2D eigenvalue weighted by Gasteiger charge is -2.14. The second kappa shape index (κ2) is 3.85. The fraction of sp³-hybridized carbons (Fsp3) is 1.00. The maximum Gasteiger partial charge on any atom is 0.0708 e.